The van der Waals surface area contributed by atoms with Crippen LogP contribution in [0.15, 0.2) is 54.6 Å². The quantitative estimate of drug-likeness (QED) is 0.713. The van der Waals surface area contributed by atoms with Gasteiger partial charge in [-0.3, -0.25) is 9.59 Å². The molecule has 5 heteroatoms. The Morgan fingerprint density at radius 2 is 1.84 bits per heavy atom. The van der Waals surface area contributed by atoms with Gasteiger partial charge in [0.1, 0.15) is 5.75 Å². The average Bonchev–Trinajstić information content (AvgIpc) is 2.65. The van der Waals surface area contributed by atoms with Gasteiger partial charge in [-0.1, -0.05) is 42.5 Å². The fourth-order valence-corrected chi connectivity index (χ4v) is 2.45. The Morgan fingerprint density at radius 1 is 1.08 bits per heavy atom. The second-order valence-corrected chi connectivity index (χ2v) is 5.91. The molecule has 0 aliphatic carbocycles. The average molecular weight is 340 g/mol. The van der Waals surface area contributed by atoms with Crippen LogP contribution in [0.1, 0.15) is 22.3 Å². The molecule has 2 aromatic rings. The summed E-state index contributed by atoms with van der Waals surface area (Å²) < 4.78 is 5.21. The van der Waals surface area contributed by atoms with Gasteiger partial charge in [-0.2, -0.15) is 0 Å². The third kappa shape index (κ3) is 6.39. The Labute approximate surface area is 148 Å². The minimum Gasteiger partial charge on any atom is -0.497 e. The van der Waals surface area contributed by atoms with E-state index in [1.54, 1.807) is 19.2 Å². The van der Waals surface area contributed by atoms with E-state index in [0.29, 0.717) is 18.5 Å². The zero-order valence-electron chi connectivity index (χ0n) is 14.7. The summed E-state index contributed by atoms with van der Waals surface area (Å²) in [5.74, 6) is 0.614. The van der Waals surface area contributed by atoms with E-state index in [4.69, 9.17) is 4.74 Å². The molecular formula is C20H24N2O3. The third-order valence-electron chi connectivity index (χ3n) is 3.85. The topological polar surface area (TPSA) is 58.6 Å². The van der Waals surface area contributed by atoms with E-state index in [-0.39, 0.29) is 18.2 Å². The first-order valence-corrected chi connectivity index (χ1v) is 8.25. The van der Waals surface area contributed by atoms with Crippen LogP contribution in [0.3, 0.4) is 0 Å². The van der Waals surface area contributed by atoms with Crippen LogP contribution in [0.4, 0.5) is 0 Å². The highest BCUT2D eigenvalue weighted by Gasteiger charge is 2.09. The van der Waals surface area contributed by atoms with Crippen LogP contribution in [-0.4, -0.2) is 43.8 Å². The van der Waals surface area contributed by atoms with Crippen molar-refractivity contribution in [3.63, 3.8) is 0 Å². The van der Waals surface area contributed by atoms with Crippen molar-refractivity contribution >= 4 is 11.7 Å². The van der Waals surface area contributed by atoms with Crippen molar-refractivity contribution in [2.24, 2.45) is 0 Å². The first-order valence-electron chi connectivity index (χ1n) is 8.25. The van der Waals surface area contributed by atoms with Gasteiger partial charge in [-0.15, -0.1) is 0 Å². The lowest BCUT2D eigenvalue weighted by Gasteiger charge is -2.16. The molecule has 0 bridgehead atoms. The Bertz CT molecular complexity index is 701. The zero-order chi connectivity index (χ0) is 18.1. The van der Waals surface area contributed by atoms with Crippen LogP contribution in [0, 0.1) is 0 Å². The molecule has 0 fully saturated rings. The molecule has 0 atom stereocenters. The van der Waals surface area contributed by atoms with Crippen LogP contribution >= 0.6 is 0 Å². The number of Topliss-reactive ketones (excluding diaryl/α,β-unsaturated/α-hetero) is 1. The molecule has 0 radical (unpaired) electrons. The van der Waals surface area contributed by atoms with Crippen molar-refractivity contribution in [2.45, 2.75) is 13.0 Å². The Hall–Kier alpha value is -2.66. The maximum Gasteiger partial charge on any atom is 0.221 e. The van der Waals surface area contributed by atoms with Crippen molar-refractivity contribution in [1.29, 1.82) is 0 Å². The second kappa shape index (κ2) is 9.59. The minimum atomic E-state index is -0.123. The van der Waals surface area contributed by atoms with Gasteiger partial charge < -0.3 is 15.0 Å². The third-order valence-corrected chi connectivity index (χ3v) is 3.85. The van der Waals surface area contributed by atoms with Gasteiger partial charge in [0.2, 0.25) is 5.91 Å². The van der Waals surface area contributed by atoms with Crippen molar-refractivity contribution in [3.8, 4) is 5.75 Å². The highest BCUT2D eigenvalue weighted by Crippen LogP contribution is 2.13. The largest absolute Gasteiger partial charge is 0.497 e. The summed E-state index contributed by atoms with van der Waals surface area (Å²) in [7, 11) is 3.60. The van der Waals surface area contributed by atoms with Crippen LogP contribution in [0.5, 0.6) is 5.75 Å². The van der Waals surface area contributed by atoms with E-state index in [1.807, 2.05) is 49.5 Å². The van der Waals surface area contributed by atoms with Gasteiger partial charge in [0.15, 0.2) is 5.78 Å². The number of benzene rings is 2. The molecule has 0 heterocycles. The maximum atomic E-state index is 12.0. The molecule has 132 valence electrons. The van der Waals surface area contributed by atoms with Crippen LogP contribution in [0.25, 0.3) is 0 Å². The van der Waals surface area contributed by atoms with Crippen molar-refractivity contribution in [3.05, 3.63) is 65.7 Å². The number of ether oxygens (including phenoxy) is 1. The van der Waals surface area contributed by atoms with Crippen LogP contribution in [-0.2, 0) is 11.3 Å². The first kappa shape index (κ1) is 18.7. The fourth-order valence-electron chi connectivity index (χ4n) is 2.45. The monoisotopic (exact) mass is 340 g/mol. The Kier molecular flexibility index (Phi) is 7.16. The molecule has 5 nitrogen and oxygen atoms in total. The summed E-state index contributed by atoms with van der Waals surface area (Å²) in [6, 6.07) is 16.8. The van der Waals surface area contributed by atoms with E-state index in [2.05, 4.69) is 10.2 Å². The number of hydrogen-bond acceptors (Lipinski definition) is 4. The van der Waals surface area contributed by atoms with E-state index in [0.717, 1.165) is 17.9 Å². The molecule has 0 spiro atoms. The molecule has 0 aliphatic rings. The molecule has 0 unspecified atom stereocenters. The number of nitrogens with one attached hydrogen (secondary N) is 1. The summed E-state index contributed by atoms with van der Waals surface area (Å²) in [4.78, 5) is 25.9. The highest BCUT2D eigenvalue weighted by atomic mass is 16.5. The number of methoxy groups -OCH3 is 1. The lowest BCUT2D eigenvalue weighted by Crippen LogP contribution is -2.32. The number of rotatable bonds is 9. The SMILES string of the molecule is COc1cccc(CN(C)CCC(=O)NCC(=O)c2ccccc2)c1. The van der Waals surface area contributed by atoms with E-state index >= 15 is 0 Å². The standard InChI is InChI=1S/C20H24N2O3/c1-22(15-16-7-6-10-18(13-16)25-2)12-11-20(24)21-14-19(23)17-8-4-3-5-9-17/h3-10,13H,11-12,14-15H2,1-2H3,(H,21,24). The molecule has 1 N–H and O–H groups in total. The Balaban J connectivity index is 1.71. The van der Waals surface area contributed by atoms with Gasteiger partial charge in [0, 0.05) is 25.1 Å². The van der Waals surface area contributed by atoms with Crippen molar-refractivity contribution in [2.75, 3.05) is 27.2 Å². The number of carbonyl (C=O) groups is 2. The summed E-state index contributed by atoms with van der Waals surface area (Å²) in [5.41, 5.74) is 1.74. The molecule has 0 saturated carbocycles. The van der Waals surface area contributed by atoms with Gasteiger partial charge in [0.05, 0.1) is 13.7 Å². The summed E-state index contributed by atoms with van der Waals surface area (Å²) in [6.45, 7) is 1.37. The zero-order valence-corrected chi connectivity index (χ0v) is 14.7. The number of nitrogens with zero attached hydrogens (tertiary/aromatic N) is 1. The predicted molar refractivity (Wildman–Crippen MR) is 97.7 cm³/mol. The highest BCUT2D eigenvalue weighted by molar-refractivity contribution is 5.99. The molecular weight excluding hydrogens is 316 g/mol. The normalized spacial score (nSPS) is 10.5. The Morgan fingerprint density at radius 3 is 2.56 bits per heavy atom. The lowest BCUT2D eigenvalue weighted by atomic mass is 10.1. The van der Waals surface area contributed by atoms with E-state index < -0.39 is 0 Å². The van der Waals surface area contributed by atoms with Crippen molar-refractivity contribution < 1.29 is 14.3 Å². The fraction of sp³-hybridized carbons (Fsp3) is 0.300. The number of ketones is 1. The molecule has 2 rings (SSSR count). The lowest BCUT2D eigenvalue weighted by molar-refractivity contribution is -0.121. The smallest absolute Gasteiger partial charge is 0.221 e. The molecule has 2 aromatic carbocycles. The number of hydrogen-bond donors (Lipinski definition) is 1. The molecule has 1 amide bonds. The van der Waals surface area contributed by atoms with Gasteiger partial charge in [-0.05, 0) is 24.7 Å². The van der Waals surface area contributed by atoms with Crippen molar-refractivity contribution in [1.82, 2.24) is 10.2 Å². The summed E-state index contributed by atoms with van der Waals surface area (Å²) in [5, 5.41) is 2.68. The minimum absolute atomic E-state index is 0.0302. The van der Waals surface area contributed by atoms with E-state index in [1.165, 1.54) is 0 Å². The summed E-state index contributed by atoms with van der Waals surface area (Å²) >= 11 is 0. The van der Waals surface area contributed by atoms with Gasteiger partial charge in [0.25, 0.3) is 0 Å². The van der Waals surface area contributed by atoms with Gasteiger partial charge >= 0.3 is 0 Å². The number of amides is 1. The number of carbonyl (C=O) groups excluding carboxylic acids is 2. The molecule has 0 aromatic heterocycles. The predicted octanol–water partition coefficient (Wildman–Crippen LogP) is 2.52. The van der Waals surface area contributed by atoms with Crippen LogP contribution < -0.4 is 10.1 Å². The molecule has 25 heavy (non-hydrogen) atoms. The molecule has 0 saturated heterocycles. The van der Waals surface area contributed by atoms with E-state index in [9.17, 15) is 9.59 Å². The first-order chi connectivity index (χ1) is 12.1. The maximum absolute atomic E-state index is 12.0. The molecule has 0 aliphatic heterocycles. The second-order valence-electron chi connectivity index (χ2n) is 5.91. The van der Waals surface area contributed by atoms with Gasteiger partial charge in [-0.25, -0.2) is 0 Å². The van der Waals surface area contributed by atoms with Crippen LogP contribution in [0.2, 0.25) is 0 Å². The summed E-state index contributed by atoms with van der Waals surface area (Å²) in [6.07, 6.45) is 0.350.